The molecule has 0 unspecified atom stereocenters. The van der Waals surface area contributed by atoms with Crippen LogP contribution in [0.25, 0.3) is 6.08 Å². The Balaban J connectivity index is 1.81. The maximum atomic E-state index is 5.78. The molecule has 2 nitrogen and oxygen atoms in total. The molecular formula is C18H23BrO2. The summed E-state index contributed by atoms with van der Waals surface area (Å²) in [6, 6.07) is 6.30. The lowest BCUT2D eigenvalue weighted by Gasteiger charge is -2.23. The molecular weight excluding hydrogens is 328 g/mol. The van der Waals surface area contributed by atoms with Crippen molar-refractivity contribution in [1.29, 1.82) is 0 Å². The molecule has 1 aliphatic heterocycles. The molecule has 0 spiro atoms. The van der Waals surface area contributed by atoms with E-state index in [1.807, 2.05) is 6.07 Å². The first kappa shape index (κ1) is 15.0. The SMILES string of the molecule is BrC/C(=C/c1ccc2c(c1)OCCCO2)C1CCCCC1. The molecule has 2 aliphatic rings. The first-order chi connectivity index (χ1) is 10.4. The van der Waals surface area contributed by atoms with Gasteiger partial charge in [0.2, 0.25) is 0 Å². The van der Waals surface area contributed by atoms with E-state index in [1.165, 1.54) is 43.2 Å². The number of alkyl halides is 1. The van der Waals surface area contributed by atoms with Crippen LogP contribution in [0.3, 0.4) is 0 Å². The van der Waals surface area contributed by atoms with Crippen molar-refractivity contribution >= 4 is 22.0 Å². The highest BCUT2D eigenvalue weighted by molar-refractivity contribution is 9.09. The summed E-state index contributed by atoms with van der Waals surface area (Å²) in [6.45, 7) is 1.49. The van der Waals surface area contributed by atoms with Gasteiger partial charge in [0.25, 0.3) is 0 Å². The van der Waals surface area contributed by atoms with Gasteiger partial charge < -0.3 is 9.47 Å². The van der Waals surface area contributed by atoms with E-state index in [0.29, 0.717) is 0 Å². The van der Waals surface area contributed by atoms with Crippen LogP contribution >= 0.6 is 15.9 Å². The van der Waals surface area contributed by atoms with E-state index >= 15 is 0 Å². The molecule has 1 fully saturated rings. The molecule has 1 aromatic rings. The largest absolute Gasteiger partial charge is 0.490 e. The van der Waals surface area contributed by atoms with Crippen LogP contribution in [0.4, 0.5) is 0 Å². The average Bonchev–Trinajstić information content (AvgIpc) is 2.78. The fourth-order valence-corrected chi connectivity index (χ4v) is 3.84. The third-order valence-electron chi connectivity index (χ3n) is 4.41. The number of allylic oxidation sites excluding steroid dienone is 1. The van der Waals surface area contributed by atoms with Crippen molar-refractivity contribution in [2.75, 3.05) is 18.5 Å². The van der Waals surface area contributed by atoms with E-state index in [9.17, 15) is 0 Å². The number of hydrogen-bond acceptors (Lipinski definition) is 2. The molecule has 0 atom stereocenters. The number of ether oxygens (including phenoxy) is 2. The topological polar surface area (TPSA) is 18.5 Å². The van der Waals surface area contributed by atoms with Crippen LogP contribution in [0.1, 0.15) is 44.1 Å². The molecule has 0 bridgehead atoms. The van der Waals surface area contributed by atoms with Gasteiger partial charge in [-0.3, -0.25) is 0 Å². The summed E-state index contributed by atoms with van der Waals surface area (Å²) < 4.78 is 11.5. The van der Waals surface area contributed by atoms with Gasteiger partial charge in [-0.2, -0.15) is 0 Å². The van der Waals surface area contributed by atoms with Crippen molar-refractivity contribution < 1.29 is 9.47 Å². The van der Waals surface area contributed by atoms with Crippen LogP contribution < -0.4 is 9.47 Å². The second-order valence-corrected chi connectivity index (χ2v) is 6.51. The van der Waals surface area contributed by atoms with Gasteiger partial charge in [0.1, 0.15) is 0 Å². The summed E-state index contributed by atoms with van der Waals surface area (Å²) in [5, 5.41) is 0.964. The third-order valence-corrected chi connectivity index (χ3v) is 5.05. The lowest BCUT2D eigenvalue weighted by atomic mass is 9.84. The zero-order valence-corrected chi connectivity index (χ0v) is 14.0. The van der Waals surface area contributed by atoms with Crippen LogP contribution in [0, 0.1) is 5.92 Å². The lowest BCUT2D eigenvalue weighted by Crippen LogP contribution is -2.10. The maximum Gasteiger partial charge on any atom is 0.161 e. The lowest BCUT2D eigenvalue weighted by molar-refractivity contribution is 0.297. The fourth-order valence-electron chi connectivity index (χ4n) is 3.22. The smallest absolute Gasteiger partial charge is 0.161 e. The van der Waals surface area contributed by atoms with Crippen molar-refractivity contribution in [3.05, 3.63) is 29.3 Å². The van der Waals surface area contributed by atoms with Gasteiger partial charge in [-0.05, 0) is 36.5 Å². The maximum absolute atomic E-state index is 5.78. The molecule has 21 heavy (non-hydrogen) atoms. The predicted octanol–water partition coefficient (Wildman–Crippen LogP) is 5.21. The molecule has 114 valence electrons. The Morgan fingerprint density at radius 1 is 1.05 bits per heavy atom. The molecule has 1 aliphatic carbocycles. The van der Waals surface area contributed by atoms with Gasteiger partial charge in [-0.15, -0.1) is 0 Å². The molecule has 0 aromatic heterocycles. The molecule has 0 amide bonds. The number of benzene rings is 1. The van der Waals surface area contributed by atoms with Gasteiger partial charge in [0.05, 0.1) is 13.2 Å². The standard InChI is InChI=1S/C18H23BrO2/c19-13-16(15-5-2-1-3-6-15)11-14-7-8-17-18(12-14)21-10-4-9-20-17/h7-8,11-12,15H,1-6,9-10,13H2/b16-11-. The van der Waals surface area contributed by atoms with E-state index < -0.39 is 0 Å². The van der Waals surface area contributed by atoms with Gasteiger partial charge in [-0.1, -0.05) is 52.9 Å². The van der Waals surface area contributed by atoms with Crippen LogP contribution in [0.15, 0.2) is 23.8 Å². The minimum Gasteiger partial charge on any atom is -0.490 e. The Bertz CT molecular complexity index is 504. The van der Waals surface area contributed by atoms with Crippen LogP contribution in [0.5, 0.6) is 11.5 Å². The molecule has 3 heteroatoms. The minimum atomic E-state index is 0.744. The minimum absolute atomic E-state index is 0.744. The molecule has 0 N–H and O–H groups in total. The monoisotopic (exact) mass is 350 g/mol. The van der Waals surface area contributed by atoms with Crippen molar-refractivity contribution in [3.8, 4) is 11.5 Å². The zero-order valence-electron chi connectivity index (χ0n) is 12.4. The van der Waals surface area contributed by atoms with Crippen LogP contribution in [-0.4, -0.2) is 18.5 Å². The quantitative estimate of drug-likeness (QED) is 0.697. The Morgan fingerprint density at radius 3 is 2.57 bits per heavy atom. The molecule has 0 saturated heterocycles. The molecule has 0 radical (unpaired) electrons. The summed E-state index contributed by atoms with van der Waals surface area (Å²) in [5.41, 5.74) is 2.74. The first-order valence-electron chi connectivity index (χ1n) is 8.03. The van der Waals surface area contributed by atoms with Crippen LogP contribution in [0.2, 0.25) is 0 Å². The highest BCUT2D eigenvalue weighted by Gasteiger charge is 2.17. The van der Waals surface area contributed by atoms with E-state index in [-0.39, 0.29) is 0 Å². The number of halogens is 1. The Labute approximate surface area is 135 Å². The van der Waals surface area contributed by atoms with Crippen molar-refractivity contribution in [2.45, 2.75) is 38.5 Å². The number of fused-ring (bicyclic) bond motifs is 1. The third kappa shape index (κ3) is 3.82. The van der Waals surface area contributed by atoms with E-state index in [2.05, 4.69) is 34.1 Å². The summed E-state index contributed by atoms with van der Waals surface area (Å²) in [4.78, 5) is 0. The van der Waals surface area contributed by atoms with E-state index in [1.54, 1.807) is 0 Å². The highest BCUT2D eigenvalue weighted by Crippen LogP contribution is 2.34. The summed E-state index contributed by atoms with van der Waals surface area (Å²) in [6.07, 6.45) is 10.1. The van der Waals surface area contributed by atoms with Gasteiger partial charge in [-0.25, -0.2) is 0 Å². The Kier molecular flexibility index (Phi) is 5.23. The van der Waals surface area contributed by atoms with E-state index in [4.69, 9.17) is 9.47 Å². The van der Waals surface area contributed by atoms with Gasteiger partial charge >= 0.3 is 0 Å². The van der Waals surface area contributed by atoms with E-state index in [0.717, 1.165) is 42.4 Å². The molecule has 1 aromatic carbocycles. The molecule has 1 saturated carbocycles. The number of rotatable bonds is 3. The summed E-state index contributed by atoms with van der Waals surface area (Å²) in [7, 11) is 0. The number of hydrogen-bond donors (Lipinski definition) is 0. The summed E-state index contributed by atoms with van der Waals surface area (Å²) >= 11 is 3.67. The molecule has 1 heterocycles. The highest BCUT2D eigenvalue weighted by atomic mass is 79.9. The first-order valence-corrected chi connectivity index (χ1v) is 9.15. The zero-order chi connectivity index (χ0) is 14.5. The van der Waals surface area contributed by atoms with Crippen molar-refractivity contribution in [1.82, 2.24) is 0 Å². The van der Waals surface area contributed by atoms with Crippen LogP contribution in [-0.2, 0) is 0 Å². The molecule has 3 rings (SSSR count). The second-order valence-electron chi connectivity index (χ2n) is 5.94. The average molecular weight is 351 g/mol. The van der Waals surface area contributed by atoms with Crippen molar-refractivity contribution in [3.63, 3.8) is 0 Å². The van der Waals surface area contributed by atoms with Gasteiger partial charge in [0, 0.05) is 11.8 Å². The van der Waals surface area contributed by atoms with Crippen molar-refractivity contribution in [2.24, 2.45) is 5.92 Å². The van der Waals surface area contributed by atoms with Gasteiger partial charge in [0.15, 0.2) is 11.5 Å². The second kappa shape index (κ2) is 7.35. The normalized spacial score (nSPS) is 20.1. The fraction of sp³-hybridized carbons (Fsp3) is 0.556. The Hall–Kier alpha value is -0.960. The Morgan fingerprint density at radius 2 is 1.81 bits per heavy atom. The predicted molar refractivity (Wildman–Crippen MR) is 90.4 cm³/mol. The summed E-state index contributed by atoms with van der Waals surface area (Å²) in [5.74, 6) is 2.51.